The molecule has 0 aromatic carbocycles. The zero-order chi connectivity index (χ0) is 17.6. The van der Waals surface area contributed by atoms with E-state index in [1.807, 2.05) is 27.7 Å². The zero-order valence-corrected chi connectivity index (χ0v) is 14.5. The second-order valence-electron chi connectivity index (χ2n) is 6.93. The van der Waals surface area contributed by atoms with Gasteiger partial charge in [0.05, 0.1) is 19.3 Å². The fourth-order valence-electron chi connectivity index (χ4n) is 2.78. The summed E-state index contributed by atoms with van der Waals surface area (Å²) in [6, 6.07) is 0. The minimum absolute atomic E-state index is 0.0462. The normalized spacial score (nSPS) is 22.5. The van der Waals surface area contributed by atoms with Crippen LogP contribution in [0.15, 0.2) is 0 Å². The molecule has 0 radical (unpaired) electrons. The highest BCUT2D eigenvalue weighted by Gasteiger charge is 2.45. The molecule has 1 saturated heterocycles. The minimum atomic E-state index is -0.833. The molecule has 7 heteroatoms. The second kappa shape index (κ2) is 8.79. The van der Waals surface area contributed by atoms with E-state index in [2.05, 4.69) is 0 Å². The van der Waals surface area contributed by atoms with Crippen molar-refractivity contribution in [3.8, 4) is 0 Å². The van der Waals surface area contributed by atoms with Gasteiger partial charge in [0.25, 0.3) is 5.97 Å². The van der Waals surface area contributed by atoms with Gasteiger partial charge in [0.2, 0.25) is 0 Å². The summed E-state index contributed by atoms with van der Waals surface area (Å²) in [5, 5.41) is 28.6. The smallest absolute Gasteiger partial charge is 0.300 e. The fraction of sp³-hybridized carbons (Fsp3) is 0.933. The summed E-state index contributed by atoms with van der Waals surface area (Å²) >= 11 is 0. The Morgan fingerprint density at radius 2 is 1.64 bits per heavy atom. The number of aliphatic hydroxyl groups is 1. The molecule has 0 aromatic heterocycles. The van der Waals surface area contributed by atoms with Gasteiger partial charge in [-0.1, -0.05) is 0 Å². The van der Waals surface area contributed by atoms with Gasteiger partial charge >= 0.3 is 0 Å². The van der Waals surface area contributed by atoms with Crippen molar-refractivity contribution < 1.29 is 29.7 Å². The zero-order valence-electron chi connectivity index (χ0n) is 14.5. The SMILES string of the molecule is CC(=O)O.COCC(O)COC1CC(C)(C)N(O)C(C)(C)C1. The second-order valence-corrected chi connectivity index (χ2v) is 6.93. The average molecular weight is 321 g/mol. The van der Waals surface area contributed by atoms with E-state index >= 15 is 0 Å². The van der Waals surface area contributed by atoms with Crippen molar-refractivity contribution in [3.05, 3.63) is 0 Å². The van der Waals surface area contributed by atoms with E-state index < -0.39 is 12.1 Å². The number of ether oxygens (including phenoxy) is 2. The van der Waals surface area contributed by atoms with Gasteiger partial charge in [-0.25, -0.2) is 0 Å². The van der Waals surface area contributed by atoms with Gasteiger partial charge in [-0.05, 0) is 40.5 Å². The number of hydroxylamine groups is 2. The van der Waals surface area contributed by atoms with Gasteiger partial charge in [0, 0.05) is 25.1 Å². The summed E-state index contributed by atoms with van der Waals surface area (Å²) in [5.41, 5.74) is -0.642. The van der Waals surface area contributed by atoms with Gasteiger partial charge in [0.1, 0.15) is 6.10 Å². The molecule has 1 unspecified atom stereocenters. The van der Waals surface area contributed by atoms with Gasteiger partial charge in [-0.3, -0.25) is 4.79 Å². The van der Waals surface area contributed by atoms with Crippen molar-refractivity contribution in [2.24, 2.45) is 0 Å². The van der Waals surface area contributed by atoms with E-state index in [1.54, 1.807) is 7.11 Å². The number of carbonyl (C=O) groups is 1. The van der Waals surface area contributed by atoms with Crippen molar-refractivity contribution in [2.75, 3.05) is 20.3 Å². The number of carboxylic acids is 1. The maximum atomic E-state index is 10.2. The molecule has 1 rings (SSSR count). The van der Waals surface area contributed by atoms with Crippen molar-refractivity contribution in [3.63, 3.8) is 0 Å². The van der Waals surface area contributed by atoms with Crippen molar-refractivity contribution in [1.29, 1.82) is 0 Å². The Morgan fingerprint density at radius 1 is 1.23 bits per heavy atom. The Bertz CT molecular complexity index is 323. The van der Waals surface area contributed by atoms with Crippen molar-refractivity contribution >= 4 is 5.97 Å². The highest BCUT2D eigenvalue weighted by atomic mass is 16.5. The maximum Gasteiger partial charge on any atom is 0.300 e. The molecule has 1 atom stereocenters. The van der Waals surface area contributed by atoms with Crippen LogP contribution in [0.4, 0.5) is 0 Å². The Labute approximate surface area is 132 Å². The van der Waals surface area contributed by atoms with Crippen LogP contribution in [0, 0.1) is 0 Å². The van der Waals surface area contributed by atoms with E-state index in [1.165, 1.54) is 5.06 Å². The number of piperidine rings is 1. The molecule has 1 fully saturated rings. The standard InChI is InChI=1S/C13H27NO4.C2H4O2/c1-12(2)6-11(7-13(3,4)14(12)16)18-9-10(15)8-17-5;1-2(3)4/h10-11,15-16H,6-9H2,1-5H3;1H3,(H,3,4). The lowest BCUT2D eigenvalue weighted by Crippen LogP contribution is -2.60. The summed E-state index contributed by atoms with van der Waals surface area (Å²) in [6.07, 6.45) is 0.942. The lowest BCUT2D eigenvalue weighted by atomic mass is 9.80. The van der Waals surface area contributed by atoms with Gasteiger partial charge < -0.3 is 24.9 Å². The third kappa shape index (κ3) is 7.51. The molecule has 1 aliphatic rings. The van der Waals surface area contributed by atoms with Gasteiger partial charge in [-0.2, -0.15) is 5.06 Å². The molecule has 0 amide bonds. The fourth-order valence-corrected chi connectivity index (χ4v) is 2.78. The first-order chi connectivity index (χ1) is 9.92. The quantitative estimate of drug-likeness (QED) is 0.706. The van der Waals surface area contributed by atoms with Crippen LogP contribution >= 0.6 is 0 Å². The number of rotatable bonds is 5. The van der Waals surface area contributed by atoms with Gasteiger partial charge in [-0.15, -0.1) is 0 Å². The van der Waals surface area contributed by atoms with Crippen LogP contribution in [0.3, 0.4) is 0 Å². The number of carboxylic acid groups (broad SMARTS) is 1. The number of hydrogen-bond donors (Lipinski definition) is 3. The van der Waals surface area contributed by atoms with E-state index in [4.69, 9.17) is 19.4 Å². The third-order valence-electron chi connectivity index (χ3n) is 3.48. The number of aliphatic carboxylic acids is 1. The molecular formula is C15H31NO6. The maximum absolute atomic E-state index is 10.2. The summed E-state index contributed by atoms with van der Waals surface area (Å²) in [6.45, 7) is 9.62. The first kappa shape index (κ1) is 21.3. The van der Waals surface area contributed by atoms with Crippen LogP contribution < -0.4 is 0 Å². The molecule has 0 aliphatic carbocycles. The summed E-state index contributed by atoms with van der Waals surface area (Å²) in [4.78, 5) is 9.00. The number of hydrogen-bond acceptors (Lipinski definition) is 6. The predicted molar refractivity (Wildman–Crippen MR) is 82.0 cm³/mol. The van der Waals surface area contributed by atoms with Crippen LogP contribution in [0.1, 0.15) is 47.5 Å². The topological polar surface area (TPSA) is 99.5 Å². The van der Waals surface area contributed by atoms with Crippen LogP contribution in [-0.4, -0.2) is 70.1 Å². The first-order valence-corrected chi connectivity index (χ1v) is 7.39. The summed E-state index contributed by atoms with van der Waals surface area (Å²) in [7, 11) is 1.56. The van der Waals surface area contributed by atoms with Crippen LogP contribution in [0.5, 0.6) is 0 Å². The van der Waals surface area contributed by atoms with Crippen LogP contribution in [0.25, 0.3) is 0 Å². The van der Waals surface area contributed by atoms with E-state index in [0.717, 1.165) is 19.8 Å². The molecule has 0 spiro atoms. The van der Waals surface area contributed by atoms with Gasteiger partial charge in [0.15, 0.2) is 0 Å². The highest BCUT2D eigenvalue weighted by Crippen LogP contribution is 2.37. The first-order valence-electron chi connectivity index (χ1n) is 7.39. The molecule has 7 nitrogen and oxygen atoms in total. The molecule has 0 aromatic rings. The third-order valence-corrected chi connectivity index (χ3v) is 3.48. The van der Waals surface area contributed by atoms with E-state index in [-0.39, 0.29) is 30.4 Å². The lowest BCUT2D eigenvalue weighted by molar-refractivity contribution is -0.262. The van der Waals surface area contributed by atoms with E-state index in [9.17, 15) is 10.3 Å². The Balaban J connectivity index is 0.000000980. The summed E-state index contributed by atoms with van der Waals surface area (Å²) < 4.78 is 10.6. The molecule has 1 aliphatic heterocycles. The Morgan fingerprint density at radius 3 is 2.00 bits per heavy atom. The largest absolute Gasteiger partial charge is 0.481 e. The summed E-state index contributed by atoms with van der Waals surface area (Å²) in [5.74, 6) is -0.833. The minimum Gasteiger partial charge on any atom is -0.481 e. The molecule has 22 heavy (non-hydrogen) atoms. The lowest BCUT2D eigenvalue weighted by Gasteiger charge is -2.51. The monoisotopic (exact) mass is 321 g/mol. The molecule has 1 heterocycles. The number of aliphatic hydroxyl groups excluding tert-OH is 1. The van der Waals surface area contributed by atoms with Crippen LogP contribution in [0.2, 0.25) is 0 Å². The van der Waals surface area contributed by atoms with E-state index in [0.29, 0.717) is 0 Å². The van der Waals surface area contributed by atoms with Crippen molar-refractivity contribution in [2.45, 2.75) is 70.7 Å². The molecule has 0 saturated carbocycles. The number of nitrogens with zero attached hydrogens (tertiary/aromatic N) is 1. The molecule has 132 valence electrons. The highest BCUT2D eigenvalue weighted by molar-refractivity contribution is 5.62. The Kier molecular flexibility index (Phi) is 8.49. The average Bonchev–Trinajstić information content (AvgIpc) is 2.32. The predicted octanol–water partition coefficient (Wildman–Crippen LogP) is 1.51. The molecule has 0 bridgehead atoms. The molecule has 3 N–H and O–H groups in total. The van der Waals surface area contributed by atoms with Crippen LogP contribution in [-0.2, 0) is 14.3 Å². The number of methoxy groups -OCH3 is 1. The van der Waals surface area contributed by atoms with Crippen molar-refractivity contribution in [1.82, 2.24) is 5.06 Å². The Hall–Kier alpha value is -0.730. The molecular weight excluding hydrogens is 290 g/mol.